The van der Waals surface area contributed by atoms with Crippen molar-refractivity contribution in [3.05, 3.63) is 114 Å². The Morgan fingerprint density at radius 3 is 1.62 bits per heavy atom. The highest BCUT2D eigenvalue weighted by Crippen LogP contribution is 2.43. The van der Waals surface area contributed by atoms with Gasteiger partial charge in [0.1, 0.15) is 22.8 Å². The molecule has 0 spiro atoms. The summed E-state index contributed by atoms with van der Waals surface area (Å²) < 4.78 is 31.7. The standard InChI is InChI=1S/C36H30N8O5S/c1-20-17-23(5-12-29(20)40-42-31-16-9-26(45)19-28(31)37)24-6-13-30(21(2)18-24)41-43-32-14-3-22-4-15-33(36(46)34(22)35(32)38)44-39-25-7-10-27(11-8-25)50(47,48)49/h3-19,45-46H,37-38H2,1-2H3,(H,47,48,49). The molecule has 13 nitrogen and oxygen atoms in total. The molecule has 0 radical (unpaired) electrons. The second-order valence-corrected chi connectivity index (χ2v) is 12.8. The van der Waals surface area contributed by atoms with Gasteiger partial charge in [0.15, 0.2) is 5.75 Å². The lowest BCUT2D eigenvalue weighted by Gasteiger charge is -2.09. The van der Waals surface area contributed by atoms with Gasteiger partial charge in [0.25, 0.3) is 10.1 Å². The molecule has 0 amide bonds. The van der Waals surface area contributed by atoms with Crippen LogP contribution in [0.25, 0.3) is 21.9 Å². The summed E-state index contributed by atoms with van der Waals surface area (Å²) >= 11 is 0. The highest BCUT2D eigenvalue weighted by atomic mass is 32.2. The molecule has 0 aliphatic carbocycles. The minimum atomic E-state index is -4.33. The van der Waals surface area contributed by atoms with E-state index in [1.807, 2.05) is 50.2 Å². The van der Waals surface area contributed by atoms with Crippen molar-refractivity contribution in [2.24, 2.45) is 30.7 Å². The van der Waals surface area contributed by atoms with Gasteiger partial charge in [-0.3, -0.25) is 4.55 Å². The van der Waals surface area contributed by atoms with E-state index in [-0.39, 0.29) is 27.8 Å². The molecular formula is C36H30N8O5S. The molecule has 14 heteroatoms. The zero-order chi connectivity index (χ0) is 35.6. The third kappa shape index (κ3) is 7.16. The highest BCUT2D eigenvalue weighted by molar-refractivity contribution is 7.85. The summed E-state index contributed by atoms with van der Waals surface area (Å²) in [6.45, 7) is 3.87. The molecule has 0 aliphatic heterocycles. The number of azo groups is 3. The molecule has 0 saturated carbocycles. The van der Waals surface area contributed by atoms with Crippen molar-refractivity contribution in [1.82, 2.24) is 0 Å². The predicted molar refractivity (Wildman–Crippen MR) is 193 cm³/mol. The van der Waals surface area contributed by atoms with Crippen molar-refractivity contribution < 1.29 is 23.2 Å². The molecule has 0 unspecified atom stereocenters. The summed E-state index contributed by atoms with van der Waals surface area (Å²) in [6.07, 6.45) is 0. The molecule has 6 rings (SSSR count). The van der Waals surface area contributed by atoms with Crippen LogP contribution in [0.1, 0.15) is 11.1 Å². The second kappa shape index (κ2) is 13.5. The summed E-state index contributed by atoms with van der Waals surface area (Å²) in [5.41, 5.74) is 19.2. The third-order valence-corrected chi connectivity index (χ3v) is 8.70. The number of fused-ring (bicyclic) bond motifs is 1. The van der Waals surface area contributed by atoms with Gasteiger partial charge in [0, 0.05) is 6.07 Å². The number of aryl methyl sites for hydroxylation is 2. The second-order valence-electron chi connectivity index (χ2n) is 11.3. The summed E-state index contributed by atoms with van der Waals surface area (Å²) in [5, 5.41) is 47.1. The van der Waals surface area contributed by atoms with Crippen LogP contribution in [-0.4, -0.2) is 23.2 Å². The summed E-state index contributed by atoms with van der Waals surface area (Å²) in [7, 11) is -4.33. The number of aromatic hydroxyl groups is 2. The maximum absolute atomic E-state index is 11.3. The molecule has 0 aromatic heterocycles. The van der Waals surface area contributed by atoms with Crippen LogP contribution in [-0.2, 0) is 10.1 Å². The van der Waals surface area contributed by atoms with E-state index in [0.29, 0.717) is 44.9 Å². The van der Waals surface area contributed by atoms with Crippen LogP contribution >= 0.6 is 0 Å². The van der Waals surface area contributed by atoms with E-state index in [1.165, 1.54) is 36.4 Å². The van der Waals surface area contributed by atoms with E-state index in [4.69, 9.17) is 16.0 Å². The SMILES string of the molecule is Cc1cc(-c2ccc(N=Nc3ccc4ccc(N=Nc5ccc(S(=O)(=O)O)cc5)c(O)c4c3N)c(C)c2)ccc1N=Nc1ccc(O)cc1N. The van der Waals surface area contributed by atoms with E-state index < -0.39 is 10.1 Å². The number of nitrogens with two attached hydrogens (primary N) is 2. The Hall–Kier alpha value is -6.51. The van der Waals surface area contributed by atoms with Crippen molar-refractivity contribution in [3.8, 4) is 22.6 Å². The van der Waals surface area contributed by atoms with Crippen LogP contribution in [0.3, 0.4) is 0 Å². The lowest BCUT2D eigenvalue weighted by atomic mass is 10.0. The molecule has 0 aliphatic rings. The Morgan fingerprint density at radius 2 is 1.06 bits per heavy atom. The molecule has 6 aromatic carbocycles. The van der Waals surface area contributed by atoms with Crippen molar-refractivity contribution in [2.75, 3.05) is 11.5 Å². The minimum absolute atomic E-state index is 0.0625. The van der Waals surface area contributed by atoms with E-state index in [9.17, 15) is 18.6 Å². The molecule has 250 valence electrons. The molecule has 6 aromatic rings. The quantitative estimate of drug-likeness (QED) is 0.0591. The topological polar surface area (TPSA) is 221 Å². The molecular weight excluding hydrogens is 657 g/mol. The molecule has 0 fully saturated rings. The number of rotatable bonds is 8. The first-order chi connectivity index (χ1) is 23.9. The van der Waals surface area contributed by atoms with Crippen LogP contribution in [0.4, 0.5) is 45.5 Å². The molecule has 50 heavy (non-hydrogen) atoms. The number of anilines is 2. The van der Waals surface area contributed by atoms with Gasteiger partial charge in [-0.2, -0.15) is 23.8 Å². The first-order valence-corrected chi connectivity index (χ1v) is 16.5. The third-order valence-electron chi connectivity index (χ3n) is 7.83. The summed E-state index contributed by atoms with van der Waals surface area (Å²) in [5.74, 6) is -0.143. The van der Waals surface area contributed by atoms with Gasteiger partial charge in [-0.15, -0.1) is 15.3 Å². The van der Waals surface area contributed by atoms with Gasteiger partial charge in [0.05, 0.1) is 38.7 Å². The number of phenolic OH excluding ortho intramolecular Hbond substituents is 2. The number of nitrogens with zero attached hydrogens (tertiary/aromatic N) is 6. The fraction of sp³-hybridized carbons (Fsp3) is 0.0556. The molecule has 0 bridgehead atoms. The first-order valence-electron chi connectivity index (χ1n) is 15.0. The zero-order valence-electron chi connectivity index (χ0n) is 26.7. The van der Waals surface area contributed by atoms with Crippen LogP contribution in [0.2, 0.25) is 0 Å². The van der Waals surface area contributed by atoms with Crippen LogP contribution in [0, 0.1) is 13.8 Å². The summed E-state index contributed by atoms with van der Waals surface area (Å²) in [6, 6.07) is 28.1. The molecule has 7 N–H and O–H groups in total. The molecule has 0 saturated heterocycles. The number of phenols is 2. The maximum atomic E-state index is 11.3. The summed E-state index contributed by atoms with van der Waals surface area (Å²) in [4.78, 5) is -0.273. The largest absolute Gasteiger partial charge is 0.508 e. The Balaban J connectivity index is 1.21. The Bertz CT molecular complexity index is 2480. The molecule has 0 heterocycles. The van der Waals surface area contributed by atoms with Gasteiger partial charge in [-0.25, -0.2) is 0 Å². The van der Waals surface area contributed by atoms with E-state index in [0.717, 1.165) is 22.3 Å². The number of benzene rings is 6. The van der Waals surface area contributed by atoms with Crippen LogP contribution in [0.15, 0.2) is 139 Å². The van der Waals surface area contributed by atoms with Gasteiger partial charge in [0.2, 0.25) is 0 Å². The first kappa shape index (κ1) is 33.4. The van der Waals surface area contributed by atoms with E-state index in [2.05, 4.69) is 30.7 Å². The fourth-order valence-corrected chi connectivity index (χ4v) is 5.59. The number of hydrogen-bond donors (Lipinski definition) is 5. The average molecular weight is 687 g/mol. The lowest BCUT2D eigenvalue weighted by Crippen LogP contribution is -1.96. The van der Waals surface area contributed by atoms with Crippen molar-refractivity contribution in [1.29, 1.82) is 0 Å². The maximum Gasteiger partial charge on any atom is 0.294 e. The lowest BCUT2D eigenvalue weighted by molar-refractivity contribution is 0.475. The fourth-order valence-electron chi connectivity index (χ4n) is 5.11. The number of hydrogen-bond acceptors (Lipinski definition) is 12. The van der Waals surface area contributed by atoms with Gasteiger partial charge < -0.3 is 21.7 Å². The van der Waals surface area contributed by atoms with Crippen LogP contribution < -0.4 is 11.5 Å². The van der Waals surface area contributed by atoms with Crippen LogP contribution in [0.5, 0.6) is 11.5 Å². The Kier molecular flexibility index (Phi) is 9.04. The monoisotopic (exact) mass is 686 g/mol. The van der Waals surface area contributed by atoms with Gasteiger partial charge in [-0.05, 0) is 114 Å². The van der Waals surface area contributed by atoms with E-state index >= 15 is 0 Å². The normalized spacial score (nSPS) is 12.1. The van der Waals surface area contributed by atoms with Crippen molar-refractivity contribution >= 4 is 66.4 Å². The molecule has 0 atom stereocenters. The Morgan fingerprint density at radius 1 is 0.560 bits per heavy atom. The van der Waals surface area contributed by atoms with Crippen molar-refractivity contribution in [3.63, 3.8) is 0 Å². The van der Waals surface area contributed by atoms with Crippen molar-refractivity contribution in [2.45, 2.75) is 18.7 Å². The van der Waals surface area contributed by atoms with E-state index in [1.54, 1.807) is 30.3 Å². The van der Waals surface area contributed by atoms with Gasteiger partial charge in [-0.1, -0.05) is 24.3 Å². The smallest absolute Gasteiger partial charge is 0.294 e. The minimum Gasteiger partial charge on any atom is -0.508 e. The van der Waals surface area contributed by atoms with Gasteiger partial charge >= 0.3 is 0 Å². The Labute approximate surface area is 286 Å². The predicted octanol–water partition coefficient (Wildman–Crippen LogP) is 10.2. The number of nitrogen functional groups attached to an aromatic ring is 2. The highest BCUT2D eigenvalue weighted by Gasteiger charge is 2.14. The average Bonchev–Trinajstić information content (AvgIpc) is 3.08. The zero-order valence-corrected chi connectivity index (χ0v) is 27.5.